The number of halogens is 3. The fourth-order valence-electron chi connectivity index (χ4n) is 0.881. The number of nitrogen functional groups attached to an aromatic ring is 1. The molecular formula is C6H6BrF2N3O2S. The van der Waals surface area contributed by atoms with Crippen LogP contribution in [0.4, 0.5) is 14.6 Å². The molecule has 0 unspecified atom stereocenters. The van der Waals surface area contributed by atoms with E-state index in [1.807, 2.05) is 0 Å². The van der Waals surface area contributed by atoms with Crippen molar-refractivity contribution in [1.29, 1.82) is 0 Å². The molecule has 1 aromatic rings. The number of hydrogen-bond donors (Lipinski definition) is 2. The number of aromatic nitrogens is 1. The highest BCUT2D eigenvalue weighted by atomic mass is 79.9. The quantitative estimate of drug-likeness (QED) is 0.851. The molecule has 0 bridgehead atoms. The van der Waals surface area contributed by atoms with Crippen LogP contribution in [0.3, 0.4) is 0 Å². The summed E-state index contributed by atoms with van der Waals surface area (Å²) in [7, 11) is -4.06. The highest BCUT2D eigenvalue weighted by Crippen LogP contribution is 2.32. The zero-order valence-electron chi connectivity index (χ0n) is 7.12. The van der Waals surface area contributed by atoms with Crippen molar-refractivity contribution < 1.29 is 17.2 Å². The van der Waals surface area contributed by atoms with E-state index in [2.05, 4.69) is 20.9 Å². The van der Waals surface area contributed by atoms with Gasteiger partial charge in [0.15, 0.2) is 5.03 Å². The lowest BCUT2D eigenvalue weighted by Crippen LogP contribution is -2.15. The third kappa shape index (κ3) is 2.61. The topological polar surface area (TPSA) is 99.1 Å². The SMILES string of the molecule is Nc1nc(S(N)(=O)=O)cc(Br)c1C(F)F. The van der Waals surface area contributed by atoms with Gasteiger partial charge in [-0.25, -0.2) is 27.3 Å². The molecule has 0 atom stereocenters. The van der Waals surface area contributed by atoms with E-state index in [4.69, 9.17) is 10.9 Å². The molecule has 0 spiro atoms. The van der Waals surface area contributed by atoms with Gasteiger partial charge in [0.25, 0.3) is 16.4 Å². The minimum Gasteiger partial charge on any atom is -0.383 e. The highest BCUT2D eigenvalue weighted by molar-refractivity contribution is 9.10. The van der Waals surface area contributed by atoms with Gasteiger partial charge in [-0.3, -0.25) is 0 Å². The van der Waals surface area contributed by atoms with Gasteiger partial charge < -0.3 is 5.73 Å². The van der Waals surface area contributed by atoms with Crippen LogP contribution in [-0.2, 0) is 10.0 Å². The molecule has 84 valence electrons. The maximum Gasteiger partial charge on any atom is 0.268 e. The van der Waals surface area contributed by atoms with Crippen LogP contribution in [-0.4, -0.2) is 13.4 Å². The van der Waals surface area contributed by atoms with Crippen molar-refractivity contribution in [3.05, 3.63) is 16.1 Å². The number of pyridine rings is 1. The Morgan fingerprint density at radius 2 is 2.00 bits per heavy atom. The van der Waals surface area contributed by atoms with E-state index >= 15 is 0 Å². The van der Waals surface area contributed by atoms with Gasteiger partial charge in [-0.05, 0) is 6.07 Å². The Kier molecular flexibility index (Phi) is 3.26. The van der Waals surface area contributed by atoms with Gasteiger partial charge in [0.1, 0.15) is 5.82 Å². The highest BCUT2D eigenvalue weighted by Gasteiger charge is 2.21. The first-order chi connectivity index (χ1) is 6.73. The molecule has 9 heteroatoms. The van der Waals surface area contributed by atoms with Crippen LogP contribution in [0.25, 0.3) is 0 Å². The summed E-state index contributed by atoms with van der Waals surface area (Å²) in [4.78, 5) is 3.28. The van der Waals surface area contributed by atoms with Gasteiger partial charge in [-0.2, -0.15) is 0 Å². The van der Waals surface area contributed by atoms with Crippen LogP contribution in [0.1, 0.15) is 12.0 Å². The van der Waals surface area contributed by atoms with Crippen LogP contribution in [0.2, 0.25) is 0 Å². The fraction of sp³-hybridized carbons (Fsp3) is 0.167. The Morgan fingerprint density at radius 1 is 1.47 bits per heavy atom. The predicted molar refractivity (Wildman–Crippen MR) is 52.7 cm³/mol. The van der Waals surface area contributed by atoms with Crippen molar-refractivity contribution in [2.75, 3.05) is 5.73 Å². The van der Waals surface area contributed by atoms with E-state index in [1.54, 1.807) is 0 Å². The second-order valence-electron chi connectivity index (χ2n) is 2.59. The second kappa shape index (κ2) is 3.99. The van der Waals surface area contributed by atoms with E-state index < -0.39 is 32.9 Å². The Hall–Kier alpha value is -0.800. The van der Waals surface area contributed by atoms with Crippen molar-refractivity contribution in [3.63, 3.8) is 0 Å². The maximum atomic E-state index is 12.4. The summed E-state index contributed by atoms with van der Waals surface area (Å²) in [6.45, 7) is 0. The standard InChI is InChI=1S/C6H6BrF2N3O2S/c7-2-1-3(15(11,13)14)12-6(10)4(2)5(8)9/h1,5H,(H2,10,12)(H2,11,13,14). The molecular weight excluding hydrogens is 296 g/mol. The first-order valence-corrected chi connectivity index (χ1v) is 5.84. The molecule has 15 heavy (non-hydrogen) atoms. The summed E-state index contributed by atoms with van der Waals surface area (Å²) < 4.78 is 46.4. The number of anilines is 1. The van der Waals surface area contributed by atoms with E-state index in [1.165, 1.54) is 0 Å². The minimum atomic E-state index is -4.06. The van der Waals surface area contributed by atoms with Gasteiger partial charge in [-0.15, -0.1) is 0 Å². The van der Waals surface area contributed by atoms with Crippen LogP contribution in [0.15, 0.2) is 15.6 Å². The van der Waals surface area contributed by atoms with E-state index in [-0.39, 0.29) is 4.47 Å². The van der Waals surface area contributed by atoms with E-state index in [0.29, 0.717) is 0 Å². The molecule has 0 aliphatic rings. The summed E-state index contributed by atoms with van der Waals surface area (Å²) in [5, 5.41) is 4.21. The molecule has 0 radical (unpaired) electrons. The molecule has 0 aliphatic carbocycles. The van der Waals surface area contributed by atoms with Gasteiger partial charge >= 0.3 is 0 Å². The summed E-state index contributed by atoms with van der Waals surface area (Å²) in [6.07, 6.45) is -2.85. The van der Waals surface area contributed by atoms with Crippen molar-refractivity contribution in [2.45, 2.75) is 11.5 Å². The van der Waals surface area contributed by atoms with Crippen molar-refractivity contribution >= 4 is 31.8 Å². The van der Waals surface area contributed by atoms with Crippen molar-refractivity contribution in [3.8, 4) is 0 Å². The summed E-state index contributed by atoms with van der Waals surface area (Å²) in [5.74, 6) is -0.566. The zero-order valence-corrected chi connectivity index (χ0v) is 9.52. The molecule has 4 N–H and O–H groups in total. The van der Waals surface area contributed by atoms with Crippen LogP contribution in [0, 0.1) is 0 Å². The number of sulfonamides is 1. The van der Waals surface area contributed by atoms with Crippen LogP contribution >= 0.6 is 15.9 Å². The Bertz CT molecular complexity index is 468. The molecule has 0 saturated heterocycles. The first kappa shape index (κ1) is 12.3. The normalized spacial score (nSPS) is 12.1. The van der Waals surface area contributed by atoms with Crippen molar-refractivity contribution in [2.24, 2.45) is 5.14 Å². The number of nitrogens with two attached hydrogens (primary N) is 2. The number of alkyl halides is 2. The molecule has 0 aliphatic heterocycles. The monoisotopic (exact) mass is 301 g/mol. The molecule has 1 aromatic heterocycles. The Labute approximate surface area is 92.7 Å². The Balaban J connectivity index is 3.45. The number of primary sulfonamides is 1. The molecule has 0 amide bonds. The first-order valence-electron chi connectivity index (χ1n) is 3.50. The lowest BCUT2D eigenvalue weighted by Gasteiger charge is -2.07. The Morgan fingerprint density at radius 3 is 2.33 bits per heavy atom. The second-order valence-corrected chi connectivity index (χ2v) is 4.95. The molecule has 0 fully saturated rings. The zero-order chi connectivity index (χ0) is 11.8. The third-order valence-corrected chi connectivity index (χ3v) is 2.97. The largest absolute Gasteiger partial charge is 0.383 e. The summed E-state index contributed by atoms with van der Waals surface area (Å²) in [6, 6.07) is 0.882. The molecule has 0 saturated carbocycles. The average molecular weight is 302 g/mol. The average Bonchev–Trinajstić information content (AvgIpc) is 1.99. The molecule has 5 nitrogen and oxygen atoms in total. The lowest BCUT2D eigenvalue weighted by atomic mass is 10.3. The summed E-state index contributed by atoms with van der Waals surface area (Å²) in [5.41, 5.74) is 4.63. The van der Waals surface area contributed by atoms with Crippen molar-refractivity contribution in [1.82, 2.24) is 4.98 Å². The minimum absolute atomic E-state index is 0.144. The molecule has 1 rings (SSSR count). The van der Waals surface area contributed by atoms with Crippen LogP contribution in [0.5, 0.6) is 0 Å². The maximum absolute atomic E-state index is 12.4. The lowest BCUT2D eigenvalue weighted by molar-refractivity contribution is 0.151. The molecule has 0 aromatic carbocycles. The third-order valence-electron chi connectivity index (χ3n) is 1.52. The van der Waals surface area contributed by atoms with Gasteiger partial charge in [0, 0.05) is 4.47 Å². The van der Waals surface area contributed by atoms with Gasteiger partial charge in [-0.1, -0.05) is 15.9 Å². The smallest absolute Gasteiger partial charge is 0.268 e. The predicted octanol–water partition coefficient (Wildman–Crippen LogP) is 1.01. The number of hydrogen-bond acceptors (Lipinski definition) is 4. The summed E-state index contributed by atoms with van der Waals surface area (Å²) >= 11 is 2.77. The van der Waals surface area contributed by atoms with E-state index in [9.17, 15) is 17.2 Å². The molecule has 1 heterocycles. The number of nitrogens with zero attached hydrogens (tertiary/aromatic N) is 1. The number of rotatable bonds is 2. The fourth-order valence-corrected chi connectivity index (χ4v) is 2.13. The van der Waals surface area contributed by atoms with Gasteiger partial charge in [0.05, 0.1) is 5.56 Å². The van der Waals surface area contributed by atoms with E-state index in [0.717, 1.165) is 6.07 Å². The van der Waals surface area contributed by atoms with Gasteiger partial charge in [0.2, 0.25) is 0 Å². The van der Waals surface area contributed by atoms with Crippen LogP contribution < -0.4 is 10.9 Å².